The number of aryl methyl sites for hydroxylation is 1. The van der Waals surface area contributed by atoms with Gasteiger partial charge in [-0.3, -0.25) is 15.1 Å². The minimum Gasteiger partial charge on any atom is -0.336 e. The molecule has 6 heteroatoms. The van der Waals surface area contributed by atoms with Gasteiger partial charge in [-0.25, -0.2) is 0 Å². The number of hydrogen-bond acceptors (Lipinski definition) is 4. The monoisotopic (exact) mass is 512 g/mol. The number of anilines is 1. The third kappa shape index (κ3) is 4.40. The van der Waals surface area contributed by atoms with Crippen LogP contribution in [0.4, 0.5) is 11.4 Å². The first-order valence-corrected chi connectivity index (χ1v) is 13.0. The van der Waals surface area contributed by atoms with Gasteiger partial charge < -0.3 is 4.57 Å². The van der Waals surface area contributed by atoms with E-state index in [-0.39, 0.29) is 16.7 Å². The molecule has 0 saturated heterocycles. The molecule has 0 fully saturated rings. The summed E-state index contributed by atoms with van der Waals surface area (Å²) in [5.74, 6) is 0. The van der Waals surface area contributed by atoms with Crippen molar-refractivity contribution in [2.24, 2.45) is 5.10 Å². The first-order valence-electron chi connectivity index (χ1n) is 13.0. The van der Waals surface area contributed by atoms with Gasteiger partial charge in [-0.05, 0) is 48.4 Å². The molecule has 5 aromatic rings. The first-order chi connectivity index (χ1) is 19.0. The van der Waals surface area contributed by atoms with Gasteiger partial charge in [0.15, 0.2) is 0 Å². The highest BCUT2D eigenvalue weighted by molar-refractivity contribution is 6.04. The molecule has 6 nitrogen and oxygen atoms in total. The van der Waals surface area contributed by atoms with Crippen molar-refractivity contribution in [1.82, 2.24) is 4.57 Å². The highest BCUT2D eigenvalue weighted by Gasteiger charge is 2.35. The molecule has 1 atom stereocenters. The fourth-order valence-corrected chi connectivity index (χ4v) is 5.51. The Balaban J connectivity index is 1.57. The summed E-state index contributed by atoms with van der Waals surface area (Å²) in [4.78, 5) is 10.9. The van der Waals surface area contributed by atoms with Gasteiger partial charge in [0, 0.05) is 41.6 Å². The van der Waals surface area contributed by atoms with Crippen LogP contribution < -0.4 is 5.01 Å². The van der Waals surface area contributed by atoms with Gasteiger partial charge >= 0.3 is 0 Å². The van der Waals surface area contributed by atoms with Gasteiger partial charge in [0.05, 0.1) is 28.1 Å². The minimum atomic E-state index is -0.373. The van der Waals surface area contributed by atoms with Crippen molar-refractivity contribution >= 4 is 28.0 Å². The predicted molar refractivity (Wildman–Crippen MR) is 158 cm³/mol. The van der Waals surface area contributed by atoms with Crippen LogP contribution in [0.15, 0.2) is 121 Å². The predicted octanol–water partition coefficient (Wildman–Crippen LogP) is 8.07. The van der Waals surface area contributed by atoms with Crippen molar-refractivity contribution in [3.05, 3.63) is 143 Å². The smallest absolute Gasteiger partial charge is 0.269 e. The number of nitro groups is 1. The number of benzene rings is 4. The minimum absolute atomic E-state index is 0.0722. The summed E-state index contributed by atoms with van der Waals surface area (Å²) in [5.41, 5.74) is 8.72. The molecule has 4 aromatic carbocycles. The summed E-state index contributed by atoms with van der Waals surface area (Å²) >= 11 is 0. The summed E-state index contributed by atoms with van der Waals surface area (Å²) < 4.78 is 2.34. The molecule has 1 aliphatic rings. The average molecular weight is 513 g/mol. The number of aromatic nitrogens is 1. The summed E-state index contributed by atoms with van der Waals surface area (Å²) in [7, 11) is 0. The molecule has 0 aliphatic carbocycles. The Morgan fingerprint density at radius 1 is 0.923 bits per heavy atom. The number of hydrogen-bond donors (Lipinski definition) is 0. The van der Waals surface area contributed by atoms with Crippen LogP contribution in [0.3, 0.4) is 0 Å². The van der Waals surface area contributed by atoms with E-state index in [1.165, 1.54) is 16.5 Å². The maximum atomic E-state index is 11.2. The molecule has 39 heavy (non-hydrogen) atoms. The molecule has 0 amide bonds. The fraction of sp³-hybridized carbons (Fsp3) is 0.121. The molecular weight excluding hydrogens is 484 g/mol. The van der Waals surface area contributed by atoms with Crippen molar-refractivity contribution in [3.63, 3.8) is 0 Å². The SMILES string of the molecule is C=CCn1c(-c2ccc(C)cc2)c(C2CC(c3ccc([N+](=O)[O-])cc3)=NN2c2ccccc2)c2ccccc21. The molecule has 0 radical (unpaired) electrons. The third-order valence-electron chi connectivity index (χ3n) is 7.32. The van der Waals surface area contributed by atoms with E-state index in [4.69, 9.17) is 5.10 Å². The second-order valence-electron chi connectivity index (χ2n) is 9.80. The maximum absolute atomic E-state index is 11.2. The van der Waals surface area contributed by atoms with Gasteiger partial charge in [-0.2, -0.15) is 5.10 Å². The van der Waals surface area contributed by atoms with Crippen LogP contribution in [-0.2, 0) is 6.54 Å². The Morgan fingerprint density at radius 2 is 1.59 bits per heavy atom. The van der Waals surface area contributed by atoms with Crippen molar-refractivity contribution < 1.29 is 4.92 Å². The zero-order valence-electron chi connectivity index (χ0n) is 21.7. The number of para-hydroxylation sites is 2. The van der Waals surface area contributed by atoms with Gasteiger partial charge in [-0.15, -0.1) is 6.58 Å². The zero-order chi connectivity index (χ0) is 26.9. The molecule has 1 aliphatic heterocycles. The standard InChI is InChI=1S/C33H28N4O2/c1-3-21-35-30-12-8-7-11-28(30)32(33(35)25-15-13-23(2)14-16-25)31-22-29(24-17-19-27(20-18-24)37(38)39)34-36(31)26-9-5-4-6-10-26/h3-20,31H,1,21-22H2,2H3. The van der Waals surface area contributed by atoms with Crippen LogP contribution in [0.1, 0.15) is 29.2 Å². The van der Waals surface area contributed by atoms with Gasteiger partial charge in [0.25, 0.3) is 5.69 Å². The van der Waals surface area contributed by atoms with E-state index < -0.39 is 0 Å². The van der Waals surface area contributed by atoms with Crippen LogP contribution in [0.2, 0.25) is 0 Å². The molecule has 192 valence electrons. The molecule has 0 spiro atoms. The van der Waals surface area contributed by atoms with E-state index in [9.17, 15) is 10.1 Å². The van der Waals surface area contributed by atoms with Crippen LogP contribution in [-0.4, -0.2) is 15.2 Å². The Bertz CT molecular complexity index is 1700. The Labute approximate surface area is 227 Å². The number of allylic oxidation sites excluding steroid dienone is 1. The summed E-state index contributed by atoms with van der Waals surface area (Å²) in [6.07, 6.45) is 2.60. The second-order valence-corrected chi connectivity index (χ2v) is 9.80. The lowest BCUT2D eigenvalue weighted by atomic mass is 9.93. The topological polar surface area (TPSA) is 63.7 Å². The molecule has 0 saturated carbocycles. The Kier molecular flexibility index (Phi) is 6.29. The molecule has 1 unspecified atom stereocenters. The number of hydrazone groups is 1. The lowest BCUT2D eigenvalue weighted by molar-refractivity contribution is -0.384. The maximum Gasteiger partial charge on any atom is 0.269 e. The second kappa shape index (κ2) is 10.1. The van der Waals surface area contributed by atoms with Crippen LogP contribution in [0.25, 0.3) is 22.2 Å². The van der Waals surface area contributed by atoms with Gasteiger partial charge in [0.1, 0.15) is 0 Å². The highest BCUT2D eigenvalue weighted by Crippen LogP contribution is 2.45. The van der Waals surface area contributed by atoms with Crippen LogP contribution in [0.5, 0.6) is 0 Å². The van der Waals surface area contributed by atoms with Gasteiger partial charge in [0.2, 0.25) is 0 Å². The number of nitrogens with zero attached hydrogens (tertiary/aromatic N) is 4. The molecule has 0 bridgehead atoms. The normalized spacial score (nSPS) is 14.9. The third-order valence-corrected chi connectivity index (χ3v) is 7.32. The van der Waals surface area contributed by atoms with Crippen molar-refractivity contribution in [1.29, 1.82) is 0 Å². The van der Waals surface area contributed by atoms with E-state index in [1.54, 1.807) is 24.3 Å². The van der Waals surface area contributed by atoms with Crippen LogP contribution in [0, 0.1) is 17.0 Å². The highest BCUT2D eigenvalue weighted by atomic mass is 16.6. The van der Waals surface area contributed by atoms with E-state index in [2.05, 4.69) is 83.7 Å². The number of fused-ring (bicyclic) bond motifs is 1. The van der Waals surface area contributed by atoms with E-state index in [0.29, 0.717) is 13.0 Å². The zero-order valence-corrected chi connectivity index (χ0v) is 21.7. The molecule has 6 rings (SSSR count). The van der Waals surface area contributed by atoms with E-state index >= 15 is 0 Å². The lowest BCUT2D eigenvalue weighted by Crippen LogP contribution is -2.19. The van der Waals surface area contributed by atoms with Crippen molar-refractivity contribution in [3.8, 4) is 11.3 Å². The summed E-state index contributed by atoms with van der Waals surface area (Å²) in [6.45, 7) is 6.83. The number of non-ortho nitro benzene ring substituents is 1. The summed E-state index contributed by atoms with van der Waals surface area (Å²) in [6, 6.07) is 34.0. The summed E-state index contributed by atoms with van der Waals surface area (Å²) in [5, 5.41) is 19.6. The molecule has 0 N–H and O–H groups in total. The Morgan fingerprint density at radius 3 is 2.28 bits per heavy atom. The Hall–Kier alpha value is -4.97. The fourth-order valence-electron chi connectivity index (χ4n) is 5.51. The van der Waals surface area contributed by atoms with E-state index in [0.717, 1.165) is 33.7 Å². The first kappa shape index (κ1) is 24.4. The number of nitro benzene ring substituents is 1. The molecule has 2 heterocycles. The lowest BCUT2D eigenvalue weighted by Gasteiger charge is -2.25. The van der Waals surface area contributed by atoms with Crippen molar-refractivity contribution in [2.75, 3.05) is 5.01 Å². The van der Waals surface area contributed by atoms with Gasteiger partial charge in [-0.1, -0.05) is 72.3 Å². The average Bonchev–Trinajstić information content (AvgIpc) is 3.54. The quantitative estimate of drug-likeness (QED) is 0.126. The van der Waals surface area contributed by atoms with Crippen molar-refractivity contribution in [2.45, 2.75) is 25.9 Å². The number of rotatable bonds is 7. The van der Waals surface area contributed by atoms with Crippen LogP contribution >= 0.6 is 0 Å². The largest absolute Gasteiger partial charge is 0.336 e. The van der Waals surface area contributed by atoms with E-state index in [1.807, 2.05) is 24.3 Å². The molecule has 1 aromatic heterocycles. The molecular formula is C33H28N4O2.